The van der Waals surface area contributed by atoms with E-state index in [9.17, 15) is 14.0 Å². The zero-order chi connectivity index (χ0) is 35.1. The van der Waals surface area contributed by atoms with Crippen LogP contribution in [-0.4, -0.2) is 63.2 Å². The normalized spacial score (nSPS) is 21.8. The molecule has 3 N–H and O–H groups in total. The minimum Gasteiger partial charge on any atom is -0.496 e. The number of imidazole rings is 1. The first-order valence-electron chi connectivity index (χ1n) is 18.2. The molecule has 4 fully saturated rings. The largest absolute Gasteiger partial charge is 0.496 e. The molecule has 2 saturated heterocycles. The Morgan fingerprint density at radius 3 is 2.45 bits per heavy atom. The number of hydrogen-bond donors (Lipinski definition) is 2. The number of carbonyl (C=O) groups is 2. The summed E-state index contributed by atoms with van der Waals surface area (Å²) in [7, 11) is 3.09. The first kappa shape index (κ1) is 32.0. The number of fused-ring (bicyclic) bond motifs is 4. The Balaban J connectivity index is 1.12. The third-order valence-electron chi connectivity index (χ3n) is 11.5. The van der Waals surface area contributed by atoms with Crippen molar-refractivity contribution in [1.29, 1.82) is 0 Å². The molecule has 2 aromatic heterocycles. The Bertz CT molecular complexity index is 2220. The Kier molecular flexibility index (Phi) is 7.61. The second kappa shape index (κ2) is 12.1. The second-order valence-electron chi connectivity index (χ2n) is 14.9. The van der Waals surface area contributed by atoms with Gasteiger partial charge < -0.3 is 34.6 Å². The van der Waals surface area contributed by atoms with Crippen LogP contribution in [0.4, 0.5) is 4.39 Å². The van der Waals surface area contributed by atoms with Gasteiger partial charge in [-0.25, -0.2) is 9.37 Å². The van der Waals surface area contributed by atoms with Crippen LogP contribution in [0.15, 0.2) is 54.6 Å². The van der Waals surface area contributed by atoms with E-state index >= 15 is 0 Å². The van der Waals surface area contributed by atoms with Gasteiger partial charge in [0.1, 0.15) is 28.4 Å². The van der Waals surface area contributed by atoms with E-state index in [0.717, 1.165) is 77.7 Å². The zero-order valence-corrected chi connectivity index (χ0v) is 29.2. The molecule has 4 heterocycles. The number of ether oxygens (including phenoxy) is 2. The van der Waals surface area contributed by atoms with Crippen LogP contribution in [0, 0.1) is 11.7 Å². The van der Waals surface area contributed by atoms with E-state index in [0.29, 0.717) is 23.3 Å². The van der Waals surface area contributed by atoms with Gasteiger partial charge >= 0.3 is 0 Å². The first-order valence-corrected chi connectivity index (χ1v) is 18.2. The summed E-state index contributed by atoms with van der Waals surface area (Å²) in [5.41, 5.74) is 11.5. The molecule has 264 valence electrons. The fraction of sp³-hybridized carbons (Fsp3) is 0.425. The number of hydrogen-bond acceptors (Lipinski definition) is 6. The number of rotatable bonds is 10. The van der Waals surface area contributed by atoms with Gasteiger partial charge in [0.15, 0.2) is 5.82 Å². The van der Waals surface area contributed by atoms with Crippen molar-refractivity contribution in [2.75, 3.05) is 14.2 Å². The molecular formula is C40H43FN6O4. The molecule has 2 bridgehead atoms. The average Bonchev–Trinajstić information content (AvgIpc) is 4.01. The molecule has 0 unspecified atom stereocenters. The van der Waals surface area contributed by atoms with Gasteiger partial charge in [-0.1, -0.05) is 18.2 Å². The van der Waals surface area contributed by atoms with Crippen molar-refractivity contribution in [3.63, 3.8) is 0 Å². The number of nitrogens with one attached hydrogen (secondary N) is 1. The van der Waals surface area contributed by atoms with Crippen LogP contribution in [-0.2, 0) is 6.54 Å². The molecule has 3 aromatic carbocycles. The van der Waals surface area contributed by atoms with E-state index in [-0.39, 0.29) is 35.3 Å². The van der Waals surface area contributed by atoms with Crippen LogP contribution in [0.3, 0.4) is 0 Å². The highest BCUT2D eigenvalue weighted by atomic mass is 19.1. The molecule has 51 heavy (non-hydrogen) atoms. The Labute approximate surface area is 295 Å². The summed E-state index contributed by atoms with van der Waals surface area (Å²) in [4.78, 5) is 34.5. The van der Waals surface area contributed by atoms with Crippen LogP contribution in [0.25, 0.3) is 33.5 Å². The molecule has 2 aliphatic heterocycles. The number of nitrogens with zero attached hydrogens (tertiary/aromatic N) is 4. The minimum atomic E-state index is -0.628. The number of methoxy groups -OCH3 is 2. The highest BCUT2D eigenvalue weighted by molar-refractivity contribution is 6.01. The van der Waals surface area contributed by atoms with Crippen molar-refractivity contribution < 1.29 is 23.5 Å². The maximum atomic E-state index is 14.7. The highest BCUT2D eigenvalue weighted by Gasteiger charge is 2.47. The molecule has 4 aliphatic rings. The highest BCUT2D eigenvalue weighted by Crippen LogP contribution is 2.46. The van der Waals surface area contributed by atoms with Crippen molar-refractivity contribution in [1.82, 2.24) is 24.3 Å². The molecule has 9 rings (SSSR count). The summed E-state index contributed by atoms with van der Waals surface area (Å²) in [6.07, 6.45) is 7.27. The van der Waals surface area contributed by atoms with E-state index in [4.69, 9.17) is 20.2 Å². The smallest absolute Gasteiger partial charge is 0.258 e. The summed E-state index contributed by atoms with van der Waals surface area (Å²) in [5.74, 6) is 1.13. The van der Waals surface area contributed by atoms with Crippen LogP contribution >= 0.6 is 0 Å². The van der Waals surface area contributed by atoms with Gasteiger partial charge in [-0.05, 0) is 99.7 Å². The Hall–Kier alpha value is -4.90. The predicted octanol–water partition coefficient (Wildman–Crippen LogP) is 6.75. The van der Waals surface area contributed by atoms with Crippen molar-refractivity contribution in [2.24, 2.45) is 11.7 Å². The first-order chi connectivity index (χ1) is 24.7. The van der Waals surface area contributed by atoms with Gasteiger partial charge in [0, 0.05) is 47.2 Å². The molecule has 4 atom stereocenters. The van der Waals surface area contributed by atoms with Gasteiger partial charge in [-0.2, -0.15) is 0 Å². The number of carbonyl (C=O) groups excluding carboxylic acids is 2. The summed E-state index contributed by atoms with van der Waals surface area (Å²) < 4.78 is 30.7. The topological polar surface area (TPSA) is 117 Å². The van der Waals surface area contributed by atoms with Crippen LogP contribution in [0.2, 0.25) is 0 Å². The SMILES string of the molecule is COc1cccc(F)c1C(=O)N[C@H](C)c1ccc2cc(-c3nc4cc(C(=O)N5[C@H]6CC[C@@H]5[C@H](N)C6)cc(OC)c4n3C3CC3)n(CC3CC3)c2c1. The predicted molar refractivity (Wildman–Crippen MR) is 193 cm³/mol. The van der Waals surface area contributed by atoms with E-state index in [1.807, 2.05) is 30.0 Å². The number of benzene rings is 3. The van der Waals surface area contributed by atoms with E-state index < -0.39 is 17.8 Å². The van der Waals surface area contributed by atoms with Crippen molar-refractivity contribution in [2.45, 2.75) is 88.6 Å². The number of amides is 2. The number of aromatic nitrogens is 3. The van der Waals surface area contributed by atoms with Crippen LogP contribution in [0.1, 0.15) is 90.2 Å². The van der Waals surface area contributed by atoms with Crippen molar-refractivity contribution in [3.05, 3.63) is 77.1 Å². The lowest BCUT2D eigenvalue weighted by atomic mass is 9.97. The summed E-state index contributed by atoms with van der Waals surface area (Å²) in [5, 5.41) is 4.05. The molecule has 2 saturated carbocycles. The van der Waals surface area contributed by atoms with Crippen LogP contribution in [0.5, 0.6) is 11.5 Å². The zero-order valence-electron chi connectivity index (χ0n) is 29.2. The maximum Gasteiger partial charge on any atom is 0.258 e. The molecular weight excluding hydrogens is 647 g/mol. The van der Waals surface area contributed by atoms with Gasteiger partial charge in [0.25, 0.3) is 11.8 Å². The molecule has 11 heteroatoms. The fourth-order valence-corrected chi connectivity index (χ4v) is 8.57. The number of nitrogens with two attached hydrogens (primary N) is 1. The standard InChI is InChI=1S/C40H43FN6O4/c1-21(43-39(48)36-28(41)5-4-6-34(36)50-2)23-9-10-24-17-33(45(32(24)16-23)20-22-7-8-22)38-44-30-15-25(18-35(51-3)37(30)47(38)26-11-12-26)40(49)46-27-13-14-31(46)29(42)19-27/h4-6,9-10,15-18,21-22,26-27,29,31H,7-8,11-14,19-20,42H2,1-3H3,(H,43,48)/t21-,27+,29-,31-/m1/s1. The lowest BCUT2D eigenvalue weighted by Crippen LogP contribution is -2.40. The van der Waals surface area contributed by atoms with Gasteiger partial charge in [-0.15, -0.1) is 0 Å². The van der Waals surface area contributed by atoms with Gasteiger partial charge in [0.05, 0.1) is 31.5 Å². The van der Waals surface area contributed by atoms with E-state index in [1.165, 1.54) is 32.1 Å². The van der Waals surface area contributed by atoms with Crippen molar-refractivity contribution >= 4 is 33.8 Å². The lowest BCUT2D eigenvalue weighted by molar-refractivity contribution is 0.0726. The molecule has 0 spiro atoms. The minimum absolute atomic E-state index is 0.00297. The molecule has 0 radical (unpaired) electrons. The lowest BCUT2D eigenvalue weighted by Gasteiger charge is -2.23. The molecule has 10 nitrogen and oxygen atoms in total. The maximum absolute atomic E-state index is 14.7. The number of halogens is 1. The summed E-state index contributed by atoms with van der Waals surface area (Å²) in [6, 6.07) is 16.8. The quantitative estimate of drug-likeness (QED) is 0.167. The Morgan fingerprint density at radius 2 is 1.76 bits per heavy atom. The van der Waals surface area contributed by atoms with Gasteiger partial charge in [0.2, 0.25) is 0 Å². The third kappa shape index (κ3) is 5.35. The van der Waals surface area contributed by atoms with Gasteiger partial charge in [-0.3, -0.25) is 9.59 Å². The van der Waals surface area contributed by atoms with Crippen molar-refractivity contribution in [3.8, 4) is 23.0 Å². The molecule has 2 amide bonds. The molecule has 5 aromatic rings. The fourth-order valence-electron chi connectivity index (χ4n) is 8.57. The van der Waals surface area contributed by atoms with E-state index in [1.54, 1.807) is 13.2 Å². The summed E-state index contributed by atoms with van der Waals surface area (Å²) >= 11 is 0. The van der Waals surface area contributed by atoms with Crippen LogP contribution < -0.4 is 20.5 Å². The van der Waals surface area contributed by atoms with E-state index in [2.05, 4.69) is 32.7 Å². The summed E-state index contributed by atoms with van der Waals surface area (Å²) in [6.45, 7) is 2.75. The Morgan fingerprint density at radius 1 is 0.980 bits per heavy atom. The monoisotopic (exact) mass is 690 g/mol. The third-order valence-corrected chi connectivity index (χ3v) is 11.5. The second-order valence-corrected chi connectivity index (χ2v) is 14.9. The average molecular weight is 691 g/mol. The molecule has 2 aliphatic carbocycles.